The first kappa shape index (κ1) is 20.7. The van der Waals surface area contributed by atoms with Crippen LogP contribution in [0, 0.1) is 10.8 Å². The van der Waals surface area contributed by atoms with Crippen LogP contribution in [0.5, 0.6) is 0 Å². The maximum absolute atomic E-state index is 12.0. The molecule has 1 aliphatic heterocycles. The molecule has 0 aromatic rings. The molecular weight excluding hydrogens is 310 g/mol. The summed E-state index contributed by atoms with van der Waals surface area (Å²) in [6.07, 6.45) is 2.63. The highest BCUT2D eigenvalue weighted by Gasteiger charge is 2.31. The Hall–Kier alpha value is -1.31. The van der Waals surface area contributed by atoms with Gasteiger partial charge in [-0.05, 0) is 40.2 Å². The average Bonchev–Trinajstić information content (AvgIpc) is 2.53. The summed E-state index contributed by atoms with van der Waals surface area (Å²) in [6, 6.07) is 0. The van der Waals surface area contributed by atoms with E-state index in [1.807, 2.05) is 13.8 Å². The topological polar surface area (TPSA) is 101 Å². The van der Waals surface area contributed by atoms with Crippen molar-refractivity contribution in [1.82, 2.24) is 10.6 Å². The largest absolute Gasteiger partial charge is 0.353 e. The maximum Gasteiger partial charge on any atom is 0.246 e. The molecule has 0 bridgehead atoms. The Kier molecular flexibility index (Phi) is 7.51. The lowest BCUT2D eigenvalue weighted by atomic mass is 9.86. The van der Waals surface area contributed by atoms with Gasteiger partial charge in [0.05, 0.1) is 18.6 Å². The molecule has 138 valence electrons. The van der Waals surface area contributed by atoms with E-state index >= 15 is 0 Å². The fourth-order valence-corrected chi connectivity index (χ4v) is 2.07. The summed E-state index contributed by atoms with van der Waals surface area (Å²) >= 11 is 0. The number of hydrogen-bond donors (Lipinski definition) is 3. The third kappa shape index (κ3) is 6.30. The molecule has 3 N–H and O–H groups in total. The monoisotopic (exact) mass is 341 g/mol. The van der Waals surface area contributed by atoms with E-state index in [0.717, 1.165) is 19.3 Å². The first-order chi connectivity index (χ1) is 11.1. The molecule has 7 heteroatoms. The van der Waals surface area contributed by atoms with Gasteiger partial charge in [0.2, 0.25) is 11.8 Å². The van der Waals surface area contributed by atoms with Gasteiger partial charge in [-0.25, -0.2) is 0 Å². The Labute approximate surface area is 144 Å². The minimum Gasteiger partial charge on any atom is -0.353 e. The van der Waals surface area contributed by atoms with E-state index in [-0.39, 0.29) is 18.4 Å². The van der Waals surface area contributed by atoms with Crippen molar-refractivity contribution in [2.24, 2.45) is 5.41 Å². The van der Waals surface area contributed by atoms with Gasteiger partial charge < -0.3 is 20.2 Å². The fraction of sp³-hybridized carbons (Fsp3) is 0.824. The van der Waals surface area contributed by atoms with E-state index in [0.29, 0.717) is 13.2 Å². The lowest BCUT2D eigenvalue weighted by molar-refractivity contribution is -0.171. The minimum atomic E-state index is -0.838. The summed E-state index contributed by atoms with van der Waals surface area (Å²) in [7, 11) is 1.65. The molecule has 7 nitrogen and oxygen atoms in total. The number of ether oxygens (including phenoxy) is 2. The van der Waals surface area contributed by atoms with Crippen molar-refractivity contribution in [3.63, 3.8) is 0 Å². The third-order valence-corrected chi connectivity index (χ3v) is 4.37. The summed E-state index contributed by atoms with van der Waals surface area (Å²) in [5.41, 5.74) is -1.21. The van der Waals surface area contributed by atoms with Crippen LogP contribution in [0.4, 0.5) is 0 Å². The first-order valence-corrected chi connectivity index (χ1v) is 8.43. The zero-order valence-corrected chi connectivity index (χ0v) is 15.5. The fourth-order valence-electron chi connectivity index (χ4n) is 2.07. The van der Waals surface area contributed by atoms with Gasteiger partial charge in [0.15, 0.2) is 6.29 Å². The van der Waals surface area contributed by atoms with Crippen molar-refractivity contribution in [2.75, 3.05) is 20.3 Å². The van der Waals surface area contributed by atoms with Crippen molar-refractivity contribution in [2.45, 2.75) is 65.2 Å². The van der Waals surface area contributed by atoms with Gasteiger partial charge in [-0.15, -0.1) is 0 Å². The van der Waals surface area contributed by atoms with Crippen LogP contribution in [-0.4, -0.2) is 49.6 Å². The molecule has 0 aliphatic carbocycles. The van der Waals surface area contributed by atoms with E-state index in [2.05, 4.69) is 10.6 Å². The number of amides is 2. The van der Waals surface area contributed by atoms with Gasteiger partial charge in [-0.2, -0.15) is 0 Å². The van der Waals surface area contributed by atoms with Crippen molar-refractivity contribution in [1.29, 1.82) is 5.41 Å². The van der Waals surface area contributed by atoms with Crippen molar-refractivity contribution >= 4 is 17.5 Å². The summed E-state index contributed by atoms with van der Waals surface area (Å²) in [5, 5.41) is 13.3. The van der Waals surface area contributed by atoms with Crippen LogP contribution >= 0.6 is 0 Å². The Balaban J connectivity index is 2.46. The molecule has 0 spiro atoms. The molecule has 0 radical (unpaired) electrons. The lowest BCUT2D eigenvalue weighted by Gasteiger charge is -2.30. The van der Waals surface area contributed by atoms with Gasteiger partial charge in [-0.3, -0.25) is 14.9 Å². The molecule has 0 aromatic heterocycles. The zero-order chi connectivity index (χ0) is 18.4. The Morgan fingerprint density at radius 1 is 1.25 bits per heavy atom. The second-order valence-corrected chi connectivity index (χ2v) is 7.40. The Morgan fingerprint density at radius 3 is 2.46 bits per heavy atom. The van der Waals surface area contributed by atoms with Crippen molar-refractivity contribution < 1.29 is 19.1 Å². The van der Waals surface area contributed by atoms with Gasteiger partial charge in [0, 0.05) is 17.7 Å². The minimum absolute atomic E-state index is 0.132. The number of hydrogen-bond acceptors (Lipinski definition) is 6. The predicted octanol–water partition coefficient (Wildman–Crippen LogP) is 1.61. The number of carbonyl (C=O) groups excluding carboxylic acids is 2. The lowest BCUT2D eigenvalue weighted by Crippen LogP contribution is -2.53. The van der Waals surface area contributed by atoms with E-state index < -0.39 is 22.8 Å². The zero-order valence-electron chi connectivity index (χ0n) is 15.5. The second-order valence-electron chi connectivity index (χ2n) is 7.40. The summed E-state index contributed by atoms with van der Waals surface area (Å²) in [5.74, 6) is -0.886. The van der Waals surface area contributed by atoms with Crippen molar-refractivity contribution in [3.8, 4) is 0 Å². The number of nitrogens with one attached hydrogen (secondary N) is 3. The Morgan fingerprint density at radius 2 is 1.92 bits per heavy atom. The van der Waals surface area contributed by atoms with Crippen LogP contribution < -0.4 is 10.6 Å². The average molecular weight is 341 g/mol. The van der Waals surface area contributed by atoms with Gasteiger partial charge in [-0.1, -0.05) is 13.8 Å². The Bertz CT molecular complexity index is 468. The molecule has 1 heterocycles. The van der Waals surface area contributed by atoms with Crippen LogP contribution in [-0.2, 0) is 19.1 Å². The van der Waals surface area contributed by atoms with Crippen LogP contribution in [0.25, 0.3) is 0 Å². The van der Waals surface area contributed by atoms with Gasteiger partial charge in [0.25, 0.3) is 0 Å². The highest BCUT2D eigenvalue weighted by molar-refractivity contribution is 6.08. The summed E-state index contributed by atoms with van der Waals surface area (Å²) < 4.78 is 11.2. The van der Waals surface area contributed by atoms with Gasteiger partial charge >= 0.3 is 0 Å². The van der Waals surface area contributed by atoms with Crippen LogP contribution in [0.2, 0.25) is 0 Å². The summed E-state index contributed by atoms with van der Waals surface area (Å²) in [6.45, 7) is 8.08. The molecular formula is C17H31N3O4. The standard InChI is InChI=1S/C17H31N3O4/c1-16(2,11-24-14-8-6-7-9-23-14)12(18)10-13(21)20-15(22)17(3,4)19-5/h14,18-19H,6-11H2,1-5H3,(H,20,21,22). The molecule has 1 unspecified atom stereocenters. The van der Waals surface area contributed by atoms with Crippen molar-refractivity contribution in [3.05, 3.63) is 0 Å². The number of carbonyl (C=O) groups is 2. The van der Waals surface area contributed by atoms with Crippen LogP contribution in [0.3, 0.4) is 0 Å². The van der Waals surface area contributed by atoms with Gasteiger partial charge in [0.1, 0.15) is 0 Å². The van der Waals surface area contributed by atoms with E-state index in [1.54, 1.807) is 20.9 Å². The molecule has 0 aromatic carbocycles. The molecule has 1 atom stereocenters. The third-order valence-electron chi connectivity index (χ3n) is 4.37. The van der Waals surface area contributed by atoms with E-state index in [1.165, 1.54) is 0 Å². The molecule has 1 aliphatic rings. The number of imide groups is 1. The number of likely N-dealkylation sites (N-methyl/N-ethyl adjacent to an activating group) is 1. The van der Waals surface area contributed by atoms with E-state index in [4.69, 9.17) is 14.9 Å². The second kappa shape index (κ2) is 8.69. The first-order valence-electron chi connectivity index (χ1n) is 8.43. The SMILES string of the molecule is CNC(C)(C)C(=O)NC(=O)CC(=N)C(C)(C)COC1CCCCO1. The highest BCUT2D eigenvalue weighted by Crippen LogP contribution is 2.22. The molecule has 24 heavy (non-hydrogen) atoms. The van der Waals surface area contributed by atoms with E-state index in [9.17, 15) is 9.59 Å². The summed E-state index contributed by atoms with van der Waals surface area (Å²) in [4.78, 5) is 24.0. The normalized spacial score (nSPS) is 19.0. The predicted molar refractivity (Wildman–Crippen MR) is 92.0 cm³/mol. The van der Waals surface area contributed by atoms with Crippen LogP contribution in [0.1, 0.15) is 53.4 Å². The number of rotatable bonds is 8. The molecule has 1 saturated heterocycles. The maximum atomic E-state index is 12.0. The smallest absolute Gasteiger partial charge is 0.246 e. The highest BCUT2D eigenvalue weighted by atomic mass is 16.7. The molecule has 1 fully saturated rings. The molecule has 2 amide bonds. The van der Waals surface area contributed by atoms with Crippen LogP contribution in [0.15, 0.2) is 0 Å². The quantitative estimate of drug-likeness (QED) is 0.582. The molecule has 1 rings (SSSR count). The molecule has 0 saturated carbocycles.